The number of nitrogens with zero attached hydrogens (tertiary/aromatic N) is 3. The number of esters is 1. The lowest BCUT2D eigenvalue weighted by atomic mass is 9.76. The fraction of sp³-hybridized carbons (Fsp3) is 0.618. The van der Waals surface area contributed by atoms with Crippen molar-refractivity contribution in [3.05, 3.63) is 40.7 Å². The van der Waals surface area contributed by atoms with Gasteiger partial charge in [0.1, 0.15) is 0 Å². The standard InChI is InChI=1S/C34H49N5O7/c1-6-45-33(43)34(19-25-9-10-25)20-26-11-13-28(44-5)29(18-26)46-21-31(41)35-15-17-39(16-7-8-30(40)36-22-34)32(42)14-12-27-23(2)37-38(4)24(27)3/h11,13,18,25H,6-10,12,14-17,19-22H2,1-5H3,(H,35,41)(H,36,40). The Kier molecular flexibility index (Phi) is 12.1. The zero-order chi connectivity index (χ0) is 33.3. The average Bonchev–Trinajstić information content (AvgIpc) is 3.81. The Morgan fingerprint density at radius 1 is 1.13 bits per heavy atom. The smallest absolute Gasteiger partial charge is 0.314 e. The lowest BCUT2D eigenvalue weighted by molar-refractivity contribution is -0.156. The van der Waals surface area contributed by atoms with Crippen molar-refractivity contribution in [1.29, 1.82) is 0 Å². The van der Waals surface area contributed by atoms with Gasteiger partial charge in [-0.05, 0) is 75.6 Å². The molecule has 1 saturated carbocycles. The number of rotatable bonds is 8. The van der Waals surface area contributed by atoms with Crippen molar-refractivity contribution < 1.29 is 33.4 Å². The van der Waals surface area contributed by atoms with Gasteiger partial charge in [0.05, 0.1) is 24.8 Å². The molecule has 2 aromatic rings. The molecule has 1 aromatic carbocycles. The first-order valence-corrected chi connectivity index (χ1v) is 16.3. The van der Waals surface area contributed by atoms with E-state index in [0.717, 1.165) is 35.4 Å². The predicted octanol–water partition coefficient (Wildman–Crippen LogP) is 2.80. The van der Waals surface area contributed by atoms with Crippen LogP contribution in [0.1, 0.15) is 68.0 Å². The molecule has 1 aromatic heterocycles. The van der Waals surface area contributed by atoms with E-state index in [1.165, 1.54) is 7.11 Å². The molecule has 1 aliphatic carbocycles. The number of carbonyl (C=O) groups excluding carboxylic acids is 4. The molecule has 1 atom stereocenters. The fourth-order valence-corrected chi connectivity index (χ4v) is 6.17. The maximum atomic E-state index is 13.6. The number of fused-ring (bicyclic) bond motifs is 2. The monoisotopic (exact) mass is 639 g/mol. The molecule has 12 nitrogen and oxygen atoms in total. The maximum Gasteiger partial charge on any atom is 0.314 e. The molecule has 0 radical (unpaired) electrons. The Hall–Kier alpha value is -4.09. The van der Waals surface area contributed by atoms with Crippen molar-refractivity contribution in [2.75, 3.05) is 46.5 Å². The lowest BCUT2D eigenvalue weighted by Crippen LogP contribution is -2.46. The Balaban J connectivity index is 1.54. The van der Waals surface area contributed by atoms with Crippen LogP contribution in [0, 0.1) is 25.2 Å². The Labute approximate surface area is 271 Å². The van der Waals surface area contributed by atoms with Crippen LogP contribution in [0.15, 0.2) is 18.2 Å². The number of carbonyl (C=O) groups is 4. The zero-order valence-corrected chi connectivity index (χ0v) is 27.9. The van der Waals surface area contributed by atoms with Crippen LogP contribution in [0.2, 0.25) is 0 Å². The third kappa shape index (κ3) is 9.23. The fourth-order valence-electron chi connectivity index (χ4n) is 6.17. The lowest BCUT2D eigenvalue weighted by Gasteiger charge is -2.32. The van der Waals surface area contributed by atoms with Crippen molar-refractivity contribution in [2.45, 2.75) is 72.1 Å². The first-order chi connectivity index (χ1) is 22.0. The molecular weight excluding hydrogens is 590 g/mol. The zero-order valence-electron chi connectivity index (χ0n) is 27.9. The van der Waals surface area contributed by atoms with Crippen LogP contribution < -0.4 is 20.1 Å². The highest BCUT2D eigenvalue weighted by atomic mass is 16.5. The number of aromatic nitrogens is 2. The molecule has 3 amide bonds. The Bertz CT molecular complexity index is 1400. The van der Waals surface area contributed by atoms with E-state index in [1.54, 1.807) is 24.0 Å². The van der Waals surface area contributed by atoms with Gasteiger partial charge in [0, 0.05) is 51.8 Å². The average molecular weight is 640 g/mol. The largest absolute Gasteiger partial charge is 0.493 e. The minimum atomic E-state index is -0.966. The summed E-state index contributed by atoms with van der Waals surface area (Å²) < 4.78 is 18.8. The van der Waals surface area contributed by atoms with Crippen molar-refractivity contribution in [1.82, 2.24) is 25.3 Å². The third-order valence-corrected chi connectivity index (χ3v) is 8.97. The molecule has 2 bridgehead atoms. The van der Waals surface area contributed by atoms with Crippen LogP contribution in [0.5, 0.6) is 11.5 Å². The summed E-state index contributed by atoms with van der Waals surface area (Å²) in [5.74, 6) is 0.292. The van der Waals surface area contributed by atoms with Crippen molar-refractivity contribution in [3.63, 3.8) is 0 Å². The number of methoxy groups -OCH3 is 1. The first-order valence-electron chi connectivity index (χ1n) is 16.3. The van der Waals surface area contributed by atoms with E-state index in [0.29, 0.717) is 56.2 Å². The molecule has 4 rings (SSSR count). The minimum Gasteiger partial charge on any atom is -0.493 e. The molecule has 1 unspecified atom stereocenters. The summed E-state index contributed by atoms with van der Waals surface area (Å²) >= 11 is 0. The van der Waals surface area contributed by atoms with Gasteiger partial charge in [-0.1, -0.05) is 18.9 Å². The minimum absolute atomic E-state index is 0.0599. The highest BCUT2D eigenvalue weighted by molar-refractivity contribution is 5.81. The van der Waals surface area contributed by atoms with Gasteiger partial charge in [0.2, 0.25) is 11.8 Å². The topological polar surface area (TPSA) is 141 Å². The van der Waals surface area contributed by atoms with Crippen LogP contribution in [-0.2, 0) is 43.8 Å². The summed E-state index contributed by atoms with van der Waals surface area (Å²) in [6, 6.07) is 5.41. The predicted molar refractivity (Wildman–Crippen MR) is 171 cm³/mol. The summed E-state index contributed by atoms with van der Waals surface area (Å²) in [6.45, 7) is 6.72. The van der Waals surface area contributed by atoms with Crippen LogP contribution >= 0.6 is 0 Å². The van der Waals surface area contributed by atoms with Crippen molar-refractivity contribution in [3.8, 4) is 11.5 Å². The van der Waals surface area contributed by atoms with Gasteiger partial charge in [-0.3, -0.25) is 23.9 Å². The van der Waals surface area contributed by atoms with E-state index in [1.807, 2.05) is 31.6 Å². The van der Waals surface area contributed by atoms with E-state index < -0.39 is 5.41 Å². The normalized spacial score (nSPS) is 20.1. The molecular formula is C34H49N5O7. The van der Waals surface area contributed by atoms with E-state index in [2.05, 4.69) is 15.7 Å². The highest BCUT2D eigenvalue weighted by Crippen LogP contribution is 2.43. The summed E-state index contributed by atoms with van der Waals surface area (Å²) in [5, 5.41) is 10.3. The molecule has 12 heteroatoms. The SMILES string of the molecule is CCOC(=O)C1(CC2CC2)CNC(=O)CCCN(C(=O)CCc2c(C)nn(C)c2C)CCNC(=O)COc2cc(ccc2OC)C1. The van der Waals surface area contributed by atoms with Gasteiger partial charge in [-0.15, -0.1) is 0 Å². The number of ether oxygens (including phenoxy) is 3. The van der Waals surface area contributed by atoms with E-state index >= 15 is 0 Å². The van der Waals surface area contributed by atoms with E-state index in [4.69, 9.17) is 14.2 Å². The second-order valence-electron chi connectivity index (χ2n) is 12.5. The highest BCUT2D eigenvalue weighted by Gasteiger charge is 2.44. The third-order valence-electron chi connectivity index (χ3n) is 8.97. The molecule has 46 heavy (non-hydrogen) atoms. The summed E-state index contributed by atoms with van der Waals surface area (Å²) in [6.07, 6.45) is 4.46. The number of amides is 3. The number of aryl methyl sites for hydroxylation is 2. The van der Waals surface area contributed by atoms with Crippen LogP contribution in [0.4, 0.5) is 0 Å². The second-order valence-corrected chi connectivity index (χ2v) is 12.5. The number of benzene rings is 1. The number of nitrogens with one attached hydrogen (secondary N) is 2. The second kappa shape index (κ2) is 16.0. The van der Waals surface area contributed by atoms with Gasteiger partial charge >= 0.3 is 5.97 Å². The first kappa shape index (κ1) is 34.8. The molecule has 0 saturated heterocycles. The molecule has 2 heterocycles. The number of hydrogen-bond donors (Lipinski definition) is 2. The van der Waals surface area contributed by atoms with Gasteiger partial charge in [0.15, 0.2) is 18.1 Å². The quantitative estimate of drug-likeness (QED) is 0.421. The van der Waals surface area contributed by atoms with Gasteiger partial charge in [-0.2, -0.15) is 5.10 Å². The van der Waals surface area contributed by atoms with E-state index in [9.17, 15) is 19.2 Å². The molecule has 0 spiro atoms. The Morgan fingerprint density at radius 3 is 2.59 bits per heavy atom. The molecule has 2 aliphatic rings. The van der Waals surface area contributed by atoms with Crippen molar-refractivity contribution >= 4 is 23.7 Å². The van der Waals surface area contributed by atoms with Crippen LogP contribution in [-0.4, -0.2) is 84.9 Å². The van der Waals surface area contributed by atoms with Gasteiger partial charge in [0.25, 0.3) is 5.91 Å². The summed E-state index contributed by atoms with van der Waals surface area (Å²) in [5.41, 5.74) is 2.83. The molecule has 2 N–H and O–H groups in total. The van der Waals surface area contributed by atoms with Gasteiger partial charge < -0.3 is 29.7 Å². The molecule has 252 valence electrons. The summed E-state index contributed by atoms with van der Waals surface area (Å²) in [7, 11) is 3.41. The van der Waals surface area contributed by atoms with Gasteiger partial charge in [-0.25, -0.2) is 0 Å². The Morgan fingerprint density at radius 2 is 1.91 bits per heavy atom. The number of hydrogen-bond acceptors (Lipinski definition) is 8. The van der Waals surface area contributed by atoms with Crippen LogP contribution in [0.3, 0.4) is 0 Å². The maximum absolute atomic E-state index is 13.6. The molecule has 1 fully saturated rings. The molecule has 1 aliphatic heterocycles. The van der Waals surface area contributed by atoms with E-state index in [-0.39, 0.29) is 62.8 Å². The van der Waals surface area contributed by atoms with Crippen molar-refractivity contribution in [2.24, 2.45) is 18.4 Å². The van der Waals surface area contributed by atoms with Crippen LogP contribution in [0.25, 0.3) is 0 Å². The summed E-state index contributed by atoms with van der Waals surface area (Å²) in [4.78, 5) is 54.6.